The highest BCUT2D eigenvalue weighted by Crippen LogP contribution is 2.37. The lowest BCUT2D eigenvalue weighted by atomic mass is 10.1. The van der Waals surface area contributed by atoms with Crippen LogP contribution in [-0.2, 0) is 5.75 Å². The highest BCUT2D eigenvalue weighted by Gasteiger charge is 2.30. The Bertz CT molecular complexity index is 1330. The van der Waals surface area contributed by atoms with Crippen molar-refractivity contribution in [2.45, 2.75) is 24.1 Å². The Kier molecular flexibility index (Phi) is 6.14. The second-order valence-electron chi connectivity index (χ2n) is 7.80. The third-order valence-corrected chi connectivity index (χ3v) is 6.34. The Morgan fingerprint density at radius 3 is 2.56 bits per heavy atom. The summed E-state index contributed by atoms with van der Waals surface area (Å²) in [6.07, 6.45) is -0.970. The van der Waals surface area contributed by atoms with Gasteiger partial charge in [0.2, 0.25) is 23.0 Å². The van der Waals surface area contributed by atoms with Crippen LogP contribution in [0.4, 0.5) is 5.69 Å². The molecular weight excluding hydrogens is 448 g/mol. The van der Waals surface area contributed by atoms with Gasteiger partial charge in [0.25, 0.3) is 0 Å². The number of methoxy groups -OCH3 is 1. The number of para-hydroxylation sites is 1. The van der Waals surface area contributed by atoms with Crippen LogP contribution in [0, 0.1) is 6.92 Å². The molecule has 4 aromatic rings. The zero-order valence-corrected chi connectivity index (χ0v) is 19.5. The molecule has 1 aliphatic rings. The summed E-state index contributed by atoms with van der Waals surface area (Å²) in [7, 11) is 1.59. The van der Waals surface area contributed by atoms with Gasteiger partial charge in [-0.05, 0) is 42.8 Å². The van der Waals surface area contributed by atoms with Crippen molar-refractivity contribution in [2.24, 2.45) is 0 Å². The molecule has 1 N–H and O–H groups in total. The van der Waals surface area contributed by atoms with Crippen LogP contribution in [-0.4, -0.2) is 34.3 Å². The molecule has 2 heterocycles. The first-order valence-corrected chi connectivity index (χ1v) is 11.7. The first-order valence-electron chi connectivity index (χ1n) is 10.7. The smallest absolute Gasteiger partial charge is 0.247 e. The average molecular weight is 471 g/mol. The minimum atomic E-state index is -0.970. The summed E-state index contributed by atoms with van der Waals surface area (Å²) in [6, 6.07) is 22.8. The summed E-state index contributed by atoms with van der Waals surface area (Å²) in [5.74, 6) is 1.42. The van der Waals surface area contributed by atoms with Gasteiger partial charge in [-0.1, -0.05) is 59.8 Å². The Balaban J connectivity index is 1.45. The molecule has 0 radical (unpaired) electrons. The van der Waals surface area contributed by atoms with E-state index < -0.39 is 6.23 Å². The summed E-state index contributed by atoms with van der Waals surface area (Å²) in [4.78, 5) is 17.9. The third-order valence-electron chi connectivity index (χ3n) is 5.43. The van der Waals surface area contributed by atoms with E-state index in [-0.39, 0.29) is 11.7 Å². The van der Waals surface area contributed by atoms with Crippen molar-refractivity contribution in [1.82, 2.24) is 15.2 Å². The van der Waals surface area contributed by atoms with Crippen molar-refractivity contribution in [3.8, 4) is 22.9 Å². The summed E-state index contributed by atoms with van der Waals surface area (Å²) < 4.78 is 11.3. The van der Waals surface area contributed by atoms with E-state index in [4.69, 9.17) is 9.47 Å². The molecule has 0 saturated carbocycles. The number of thioether (sulfide) groups is 1. The molecule has 7 nitrogen and oxygen atoms in total. The molecule has 0 spiro atoms. The predicted molar refractivity (Wildman–Crippen MR) is 131 cm³/mol. The van der Waals surface area contributed by atoms with Crippen molar-refractivity contribution >= 4 is 23.2 Å². The number of Topliss-reactive ketones (excluding diaryl/α,β-unsaturated/α-hetero) is 1. The first kappa shape index (κ1) is 21.9. The number of aryl methyl sites for hydroxylation is 1. The number of fused-ring (bicyclic) bond motifs is 3. The lowest BCUT2D eigenvalue weighted by Crippen LogP contribution is -2.35. The zero-order chi connectivity index (χ0) is 23.5. The highest BCUT2D eigenvalue weighted by molar-refractivity contribution is 7.98. The molecule has 3 aromatic carbocycles. The van der Waals surface area contributed by atoms with E-state index in [2.05, 4.69) is 51.7 Å². The maximum Gasteiger partial charge on any atom is 0.247 e. The van der Waals surface area contributed by atoms with E-state index in [0.717, 1.165) is 16.8 Å². The van der Waals surface area contributed by atoms with Crippen molar-refractivity contribution < 1.29 is 14.3 Å². The summed E-state index contributed by atoms with van der Waals surface area (Å²) >= 11 is 1.47. The Morgan fingerprint density at radius 1 is 1.03 bits per heavy atom. The van der Waals surface area contributed by atoms with E-state index in [1.54, 1.807) is 31.4 Å². The van der Waals surface area contributed by atoms with Crippen molar-refractivity contribution in [1.29, 1.82) is 0 Å². The molecule has 0 bridgehead atoms. The number of carbonyl (C=O) groups excluding carboxylic acids is 1. The lowest BCUT2D eigenvalue weighted by molar-refractivity contribution is 0.0823. The van der Waals surface area contributed by atoms with Gasteiger partial charge in [-0.2, -0.15) is 4.98 Å². The standard InChI is InChI=1S/C26H22N4O3S/c1-16-7-9-17(10-8-16)15-34-26-28-24-22(29-30-26)20-5-3-4-6-21(20)27-25(33-24)23(31)18-11-13-19(32-2)14-12-18/h3-14,25,27H,15H2,1-2H3/t25-/m1/s1. The SMILES string of the molecule is COc1ccc(C(=O)[C@@H]2Nc3ccccc3-c3nnc(SCc4ccc(C)cc4)nc3O2)cc1. The Labute approximate surface area is 201 Å². The number of anilines is 1. The van der Waals surface area contributed by atoms with E-state index in [0.29, 0.717) is 27.9 Å². The molecule has 0 amide bonds. The number of benzene rings is 3. The number of carbonyl (C=O) groups is 1. The fraction of sp³-hybridized carbons (Fsp3) is 0.154. The van der Waals surface area contributed by atoms with Gasteiger partial charge in [-0.25, -0.2) is 0 Å². The van der Waals surface area contributed by atoms with Crippen LogP contribution >= 0.6 is 11.8 Å². The first-order chi connectivity index (χ1) is 16.6. The molecule has 1 aliphatic heterocycles. The minimum Gasteiger partial charge on any atom is -0.497 e. The highest BCUT2D eigenvalue weighted by atomic mass is 32.2. The monoisotopic (exact) mass is 470 g/mol. The molecule has 8 heteroatoms. The average Bonchev–Trinajstić information content (AvgIpc) is 3.04. The molecule has 0 fully saturated rings. The minimum absolute atomic E-state index is 0.224. The van der Waals surface area contributed by atoms with Crippen LogP contribution in [0.15, 0.2) is 78.0 Å². The molecule has 34 heavy (non-hydrogen) atoms. The molecule has 0 saturated heterocycles. The van der Waals surface area contributed by atoms with Gasteiger partial charge < -0.3 is 14.8 Å². The van der Waals surface area contributed by atoms with Crippen molar-refractivity contribution in [2.75, 3.05) is 12.4 Å². The van der Waals surface area contributed by atoms with E-state index >= 15 is 0 Å². The molecule has 5 rings (SSSR count). The van der Waals surface area contributed by atoms with Gasteiger partial charge in [0, 0.05) is 22.6 Å². The molecule has 0 unspecified atom stereocenters. The maximum atomic E-state index is 13.3. The second-order valence-corrected chi connectivity index (χ2v) is 8.75. The fourth-order valence-electron chi connectivity index (χ4n) is 3.57. The van der Waals surface area contributed by atoms with Gasteiger partial charge in [-0.3, -0.25) is 4.79 Å². The van der Waals surface area contributed by atoms with Crippen molar-refractivity contribution in [3.05, 3.63) is 89.5 Å². The molecular formula is C26H22N4O3S. The van der Waals surface area contributed by atoms with E-state index in [1.807, 2.05) is 24.3 Å². The van der Waals surface area contributed by atoms with Crippen LogP contribution < -0.4 is 14.8 Å². The van der Waals surface area contributed by atoms with Crippen LogP contribution in [0.1, 0.15) is 21.5 Å². The van der Waals surface area contributed by atoms with Gasteiger partial charge >= 0.3 is 0 Å². The van der Waals surface area contributed by atoms with E-state index in [1.165, 1.54) is 17.3 Å². The normalized spacial score (nSPS) is 14.1. The molecule has 1 aromatic heterocycles. The number of rotatable bonds is 6. The van der Waals surface area contributed by atoms with Crippen molar-refractivity contribution in [3.63, 3.8) is 0 Å². The number of hydrogen-bond acceptors (Lipinski definition) is 8. The fourth-order valence-corrected chi connectivity index (χ4v) is 4.30. The summed E-state index contributed by atoms with van der Waals surface area (Å²) in [6.45, 7) is 2.06. The number of ketones is 1. The molecule has 0 aliphatic carbocycles. The predicted octanol–water partition coefficient (Wildman–Crippen LogP) is 5.16. The van der Waals surface area contributed by atoms with E-state index in [9.17, 15) is 4.79 Å². The number of aromatic nitrogens is 3. The molecule has 170 valence electrons. The summed E-state index contributed by atoms with van der Waals surface area (Å²) in [5.41, 5.74) is 4.86. The van der Waals surface area contributed by atoms with Crippen LogP contribution in [0.25, 0.3) is 11.3 Å². The number of nitrogens with zero attached hydrogens (tertiary/aromatic N) is 3. The zero-order valence-electron chi connectivity index (χ0n) is 18.7. The second kappa shape index (κ2) is 9.52. The van der Waals surface area contributed by atoms with Crippen LogP contribution in [0.3, 0.4) is 0 Å². The van der Waals surface area contributed by atoms with Gasteiger partial charge in [0.1, 0.15) is 5.75 Å². The lowest BCUT2D eigenvalue weighted by Gasteiger charge is -2.18. The topological polar surface area (TPSA) is 86.2 Å². The number of hydrogen-bond donors (Lipinski definition) is 1. The van der Waals surface area contributed by atoms with Crippen LogP contribution in [0.5, 0.6) is 11.6 Å². The third kappa shape index (κ3) is 4.58. The largest absolute Gasteiger partial charge is 0.497 e. The molecule has 1 atom stereocenters. The van der Waals surface area contributed by atoms with Crippen LogP contribution in [0.2, 0.25) is 0 Å². The Hall–Kier alpha value is -3.91. The van der Waals surface area contributed by atoms with Gasteiger partial charge in [0.05, 0.1) is 7.11 Å². The van der Waals surface area contributed by atoms with Gasteiger partial charge in [0.15, 0.2) is 5.69 Å². The number of nitrogens with one attached hydrogen (secondary N) is 1. The maximum absolute atomic E-state index is 13.3. The Morgan fingerprint density at radius 2 is 1.79 bits per heavy atom. The summed E-state index contributed by atoms with van der Waals surface area (Å²) in [5, 5.41) is 12.4. The van der Waals surface area contributed by atoms with Gasteiger partial charge in [-0.15, -0.1) is 10.2 Å². The number of ether oxygens (including phenoxy) is 2. The quantitative estimate of drug-likeness (QED) is 0.305.